The van der Waals surface area contributed by atoms with Crippen LogP contribution in [0.4, 0.5) is 11.6 Å². The van der Waals surface area contributed by atoms with E-state index in [2.05, 4.69) is 39.7 Å². The molecule has 1 aromatic heterocycles. The first-order chi connectivity index (χ1) is 13.8. The Morgan fingerprint density at radius 3 is 2.29 bits per heavy atom. The summed E-state index contributed by atoms with van der Waals surface area (Å²) in [6.07, 6.45) is 1.81. The van der Waals surface area contributed by atoms with Crippen LogP contribution in [0.5, 0.6) is 0 Å². The predicted octanol–water partition coefficient (Wildman–Crippen LogP) is 4.20. The summed E-state index contributed by atoms with van der Waals surface area (Å²) in [5, 5.41) is 18.7. The molecule has 0 radical (unpaired) electrons. The van der Waals surface area contributed by atoms with E-state index < -0.39 is 0 Å². The molecule has 0 aliphatic carbocycles. The molecule has 6 nitrogen and oxygen atoms in total. The minimum atomic E-state index is 0.554. The molecule has 0 spiro atoms. The highest BCUT2D eigenvalue weighted by Crippen LogP contribution is 2.23. The van der Waals surface area contributed by atoms with Crippen LogP contribution in [0.3, 0.4) is 0 Å². The average molecular weight is 368 g/mol. The maximum atomic E-state index is 4.68. The molecule has 138 valence electrons. The monoisotopic (exact) mass is 368 g/mol. The summed E-state index contributed by atoms with van der Waals surface area (Å²) < 4.78 is 1.74. The van der Waals surface area contributed by atoms with E-state index in [4.69, 9.17) is 0 Å². The fraction of sp³-hybridized carbons (Fsp3) is 0.0909. The zero-order chi connectivity index (χ0) is 19.2. The molecule has 4 aromatic rings. The second kappa shape index (κ2) is 8.26. The third kappa shape index (κ3) is 4.12. The van der Waals surface area contributed by atoms with Crippen molar-refractivity contribution < 1.29 is 0 Å². The Labute approximate surface area is 163 Å². The Bertz CT molecular complexity index is 1040. The SMILES string of the molecule is Cc1ccc(C=NN(c2ccccc2)c2nnnn2Cc2ccccc2)cc1. The van der Waals surface area contributed by atoms with Gasteiger partial charge >= 0.3 is 0 Å². The molecular weight excluding hydrogens is 348 g/mol. The van der Waals surface area contributed by atoms with Crippen molar-refractivity contribution in [1.82, 2.24) is 20.2 Å². The van der Waals surface area contributed by atoms with Gasteiger partial charge in [-0.25, -0.2) is 4.68 Å². The second-order valence-electron chi connectivity index (χ2n) is 6.42. The highest BCUT2D eigenvalue weighted by molar-refractivity contribution is 5.81. The highest BCUT2D eigenvalue weighted by Gasteiger charge is 2.16. The lowest BCUT2D eigenvalue weighted by Gasteiger charge is -2.17. The van der Waals surface area contributed by atoms with Crippen molar-refractivity contribution in [2.24, 2.45) is 5.10 Å². The second-order valence-corrected chi connectivity index (χ2v) is 6.42. The van der Waals surface area contributed by atoms with Gasteiger partial charge in [0.15, 0.2) is 0 Å². The van der Waals surface area contributed by atoms with Crippen molar-refractivity contribution in [1.29, 1.82) is 0 Å². The van der Waals surface area contributed by atoms with Crippen LogP contribution in [0.25, 0.3) is 0 Å². The Morgan fingerprint density at radius 1 is 0.893 bits per heavy atom. The van der Waals surface area contributed by atoms with Crippen LogP contribution >= 0.6 is 0 Å². The van der Waals surface area contributed by atoms with Crippen molar-refractivity contribution in [3.05, 3.63) is 102 Å². The molecule has 0 unspecified atom stereocenters. The Hall–Kier alpha value is -3.80. The van der Waals surface area contributed by atoms with Crippen molar-refractivity contribution in [3.8, 4) is 0 Å². The first-order valence-corrected chi connectivity index (χ1v) is 9.05. The summed E-state index contributed by atoms with van der Waals surface area (Å²) in [6, 6.07) is 28.2. The van der Waals surface area contributed by atoms with Gasteiger partial charge in [-0.1, -0.05) is 83.5 Å². The topological polar surface area (TPSA) is 59.2 Å². The van der Waals surface area contributed by atoms with Gasteiger partial charge in [-0.3, -0.25) is 0 Å². The lowest BCUT2D eigenvalue weighted by Crippen LogP contribution is -2.16. The predicted molar refractivity (Wildman–Crippen MR) is 111 cm³/mol. The number of benzene rings is 3. The third-order valence-electron chi connectivity index (χ3n) is 4.28. The summed E-state index contributed by atoms with van der Waals surface area (Å²) in [6.45, 7) is 2.63. The number of nitrogens with zero attached hydrogens (tertiary/aromatic N) is 6. The van der Waals surface area contributed by atoms with E-state index >= 15 is 0 Å². The number of anilines is 2. The maximum absolute atomic E-state index is 4.68. The third-order valence-corrected chi connectivity index (χ3v) is 4.28. The first kappa shape index (κ1) is 17.6. The minimum Gasteiger partial charge on any atom is -0.205 e. The van der Waals surface area contributed by atoms with Gasteiger partial charge in [-0.2, -0.15) is 10.1 Å². The summed E-state index contributed by atoms with van der Waals surface area (Å²) in [7, 11) is 0. The van der Waals surface area contributed by atoms with Crippen LogP contribution in [-0.4, -0.2) is 26.4 Å². The summed E-state index contributed by atoms with van der Waals surface area (Å²) in [4.78, 5) is 0. The van der Waals surface area contributed by atoms with Crippen molar-refractivity contribution >= 4 is 17.9 Å². The Kier molecular flexibility index (Phi) is 5.20. The molecule has 0 fully saturated rings. The summed E-state index contributed by atoms with van der Waals surface area (Å²) in [5.74, 6) is 0.554. The van der Waals surface area contributed by atoms with Gasteiger partial charge in [0.25, 0.3) is 5.95 Å². The number of aromatic nitrogens is 4. The van der Waals surface area contributed by atoms with Crippen LogP contribution in [0.15, 0.2) is 90.0 Å². The molecule has 0 amide bonds. The number of para-hydroxylation sites is 1. The van der Waals surface area contributed by atoms with Gasteiger partial charge in [0.2, 0.25) is 0 Å². The van der Waals surface area contributed by atoms with Gasteiger partial charge in [-0.15, -0.1) is 0 Å². The molecule has 0 aliphatic rings. The number of tetrazole rings is 1. The van der Waals surface area contributed by atoms with Gasteiger partial charge in [0.05, 0.1) is 18.4 Å². The van der Waals surface area contributed by atoms with Gasteiger partial charge in [0, 0.05) is 0 Å². The molecule has 1 heterocycles. The number of hydrazone groups is 1. The van der Waals surface area contributed by atoms with E-state index in [1.54, 1.807) is 9.69 Å². The van der Waals surface area contributed by atoms with Crippen LogP contribution in [0, 0.1) is 6.92 Å². The fourth-order valence-corrected chi connectivity index (χ4v) is 2.79. The number of rotatable bonds is 6. The zero-order valence-electron chi connectivity index (χ0n) is 15.6. The molecule has 28 heavy (non-hydrogen) atoms. The highest BCUT2D eigenvalue weighted by atomic mass is 15.6. The first-order valence-electron chi connectivity index (χ1n) is 9.05. The van der Waals surface area contributed by atoms with Crippen molar-refractivity contribution in [2.45, 2.75) is 13.5 Å². The molecule has 4 rings (SSSR count). The lowest BCUT2D eigenvalue weighted by molar-refractivity contribution is 0.645. The molecule has 0 N–H and O–H groups in total. The molecule has 0 saturated heterocycles. The summed E-state index contributed by atoms with van der Waals surface area (Å²) in [5.41, 5.74) is 4.22. The van der Waals surface area contributed by atoms with Crippen LogP contribution < -0.4 is 5.01 Å². The number of hydrogen-bond acceptors (Lipinski definition) is 5. The van der Waals surface area contributed by atoms with Gasteiger partial charge < -0.3 is 0 Å². The van der Waals surface area contributed by atoms with E-state index in [1.807, 2.05) is 79.0 Å². The molecular formula is C22H20N6. The Balaban J connectivity index is 1.69. The van der Waals surface area contributed by atoms with E-state index in [0.717, 1.165) is 16.8 Å². The van der Waals surface area contributed by atoms with E-state index in [-0.39, 0.29) is 0 Å². The van der Waals surface area contributed by atoms with Crippen molar-refractivity contribution in [3.63, 3.8) is 0 Å². The van der Waals surface area contributed by atoms with Gasteiger partial charge in [0.1, 0.15) is 0 Å². The van der Waals surface area contributed by atoms with Crippen molar-refractivity contribution in [2.75, 3.05) is 5.01 Å². The fourth-order valence-electron chi connectivity index (χ4n) is 2.79. The molecule has 0 saturated carbocycles. The molecule has 6 heteroatoms. The molecule has 0 aliphatic heterocycles. The van der Waals surface area contributed by atoms with E-state index in [9.17, 15) is 0 Å². The maximum Gasteiger partial charge on any atom is 0.271 e. The average Bonchev–Trinajstić information content (AvgIpc) is 3.19. The normalized spacial score (nSPS) is 11.0. The molecule has 0 atom stereocenters. The van der Waals surface area contributed by atoms with Gasteiger partial charge in [-0.05, 0) is 40.6 Å². The van der Waals surface area contributed by atoms with Crippen LogP contribution in [-0.2, 0) is 6.54 Å². The summed E-state index contributed by atoms with van der Waals surface area (Å²) >= 11 is 0. The molecule has 0 bridgehead atoms. The van der Waals surface area contributed by atoms with E-state index in [1.165, 1.54) is 5.56 Å². The Morgan fingerprint density at radius 2 is 1.57 bits per heavy atom. The number of hydrogen-bond donors (Lipinski definition) is 0. The smallest absolute Gasteiger partial charge is 0.205 e. The number of aryl methyl sites for hydroxylation is 1. The van der Waals surface area contributed by atoms with Crippen LogP contribution in [0.1, 0.15) is 16.7 Å². The quantitative estimate of drug-likeness (QED) is 0.378. The lowest BCUT2D eigenvalue weighted by atomic mass is 10.2. The van der Waals surface area contributed by atoms with Crippen LogP contribution in [0.2, 0.25) is 0 Å². The minimum absolute atomic E-state index is 0.554. The zero-order valence-corrected chi connectivity index (χ0v) is 15.6. The van der Waals surface area contributed by atoms with E-state index in [0.29, 0.717) is 12.5 Å². The standard InChI is InChI=1S/C22H20N6/c1-18-12-14-19(15-13-18)16-23-28(21-10-6-3-7-11-21)22-24-25-26-27(22)17-20-8-4-2-5-9-20/h2-16H,17H2,1H3. The molecule has 3 aromatic carbocycles. The largest absolute Gasteiger partial charge is 0.271 e.